The van der Waals surface area contributed by atoms with Gasteiger partial charge in [0.05, 0.1) is 23.8 Å². The van der Waals surface area contributed by atoms with Crippen molar-refractivity contribution in [3.63, 3.8) is 0 Å². The SMILES string of the molecule is Oc1cccc(-c2cnc3cnc(/C=C/c4ccccc4)cn23)c1. The summed E-state index contributed by atoms with van der Waals surface area (Å²) in [6.45, 7) is 0. The molecule has 2 aromatic carbocycles. The summed E-state index contributed by atoms with van der Waals surface area (Å²) in [7, 11) is 0. The summed E-state index contributed by atoms with van der Waals surface area (Å²) in [4.78, 5) is 8.81. The molecule has 4 aromatic rings. The molecule has 0 bridgehead atoms. The highest BCUT2D eigenvalue weighted by molar-refractivity contribution is 5.69. The molecule has 116 valence electrons. The Balaban J connectivity index is 1.75. The number of nitrogens with zero attached hydrogens (tertiary/aromatic N) is 3. The summed E-state index contributed by atoms with van der Waals surface area (Å²) in [6.07, 6.45) is 9.48. The average Bonchev–Trinajstić information content (AvgIpc) is 3.04. The van der Waals surface area contributed by atoms with Gasteiger partial charge in [0, 0.05) is 11.8 Å². The van der Waals surface area contributed by atoms with Crippen molar-refractivity contribution in [2.75, 3.05) is 0 Å². The van der Waals surface area contributed by atoms with Crippen molar-refractivity contribution in [1.29, 1.82) is 0 Å². The Morgan fingerprint density at radius 2 is 1.75 bits per heavy atom. The molecule has 2 aromatic heterocycles. The second kappa shape index (κ2) is 6.01. The molecule has 0 aliphatic carbocycles. The number of imidazole rings is 1. The van der Waals surface area contributed by atoms with Crippen LogP contribution in [0.3, 0.4) is 0 Å². The summed E-state index contributed by atoms with van der Waals surface area (Å²) in [6, 6.07) is 17.2. The van der Waals surface area contributed by atoms with Crippen LogP contribution in [0.1, 0.15) is 11.3 Å². The molecule has 1 N–H and O–H groups in total. The van der Waals surface area contributed by atoms with Crippen molar-refractivity contribution in [2.45, 2.75) is 0 Å². The molecule has 4 nitrogen and oxygen atoms in total. The van der Waals surface area contributed by atoms with E-state index in [4.69, 9.17) is 0 Å². The summed E-state index contributed by atoms with van der Waals surface area (Å²) in [5, 5.41) is 9.70. The lowest BCUT2D eigenvalue weighted by Crippen LogP contribution is -1.92. The molecule has 0 atom stereocenters. The van der Waals surface area contributed by atoms with Crippen LogP contribution in [0, 0.1) is 0 Å². The lowest BCUT2D eigenvalue weighted by molar-refractivity contribution is 0.475. The zero-order valence-corrected chi connectivity index (χ0v) is 12.9. The number of rotatable bonds is 3. The third-order valence-electron chi connectivity index (χ3n) is 3.80. The van der Waals surface area contributed by atoms with E-state index >= 15 is 0 Å². The maximum atomic E-state index is 9.70. The second-order valence-electron chi connectivity index (χ2n) is 5.48. The molecule has 4 rings (SSSR count). The van der Waals surface area contributed by atoms with Crippen LogP contribution in [-0.4, -0.2) is 19.5 Å². The minimum atomic E-state index is 0.237. The molecular formula is C20H15N3O. The molecule has 0 fully saturated rings. The molecule has 24 heavy (non-hydrogen) atoms. The van der Waals surface area contributed by atoms with Gasteiger partial charge in [-0.25, -0.2) is 4.98 Å². The van der Waals surface area contributed by atoms with E-state index in [2.05, 4.69) is 9.97 Å². The molecule has 0 aliphatic heterocycles. The number of phenolic OH excluding ortho intramolecular Hbond substituents is 1. The zero-order valence-electron chi connectivity index (χ0n) is 12.9. The number of phenols is 1. The number of benzene rings is 2. The highest BCUT2D eigenvalue weighted by Crippen LogP contribution is 2.24. The predicted molar refractivity (Wildman–Crippen MR) is 95.5 cm³/mol. The summed E-state index contributed by atoms with van der Waals surface area (Å²) < 4.78 is 1.98. The number of aromatic nitrogens is 3. The third-order valence-corrected chi connectivity index (χ3v) is 3.80. The van der Waals surface area contributed by atoms with E-state index in [0.29, 0.717) is 0 Å². The van der Waals surface area contributed by atoms with Gasteiger partial charge < -0.3 is 5.11 Å². The monoisotopic (exact) mass is 313 g/mol. The number of aromatic hydroxyl groups is 1. The molecule has 0 unspecified atom stereocenters. The molecule has 0 saturated carbocycles. The van der Waals surface area contributed by atoms with Gasteiger partial charge in [-0.1, -0.05) is 48.5 Å². The van der Waals surface area contributed by atoms with Gasteiger partial charge in [-0.2, -0.15) is 0 Å². The van der Waals surface area contributed by atoms with Crippen LogP contribution in [0.5, 0.6) is 5.75 Å². The number of fused-ring (bicyclic) bond motifs is 1. The predicted octanol–water partition coefficient (Wildman–Crippen LogP) is 4.27. The molecular weight excluding hydrogens is 298 g/mol. The first-order valence-corrected chi connectivity index (χ1v) is 7.65. The van der Waals surface area contributed by atoms with E-state index in [1.807, 2.05) is 65.2 Å². The molecule has 0 aliphatic rings. The minimum Gasteiger partial charge on any atom is -0.508 e. The fourth-order valence-electron chi connectivity index (χ4n) is 2.61. The van der Waals surface area contributed by atoms with Crippen molar-refractivity contribution < 1.29 is 5.11 Å². The van der Waals surface area contributed by atoms with Crippen molar-refractivity contribution in [2.24, 2.45) is 0 Å². The molecule has 0 radical (unpaired) electrons. The van der Waals surface area contributed by atoms with Crippen LogP contribution < -0.4 is 0 Å². The van der Waals surface area contributed by atoms with Gasteiger partial charge in [-0.15, -0.1) is 0 Å². The Morgan fingerprint density at radius 1 is 0.875 bits per heavy atom. The van der Waals surface area contributed by atoms with Crippen LogP contribution in [0.4, 0.5) is 0 Å². The Kier molecular flexibility index (Phi) is 3.56. The van der Waals surface area contributed by atoms with Crippen molar-refractivity contribution in [3.8, 4) is 17.0 Å². The Bertz CT molecular complexity index is 1020. The van der Waals surface area contributed by atoms with Crippen molar-refractivity contribution >= 4 is 17.8 Å². The average molecular weight is 313 g/mol. The molecule has 0 amide bonds. The highest BCUT2D eigenvalue weighted by Gasteiger charge is 2.07. The Hall–Kier alpha value is -3.40. The van der Waals surface area contributed by atoms with E-state index in [-0.39, 0.29) is 5.75 Å². The van der Waals surface area contributed by atoms with Gasteiger partial charge in [0.25, 0.3) is 0 Å². The second-order valence-corrected chi connectivity index (χ2v) is 5.48. The molecule has 0 spiro atoms. The lowest BCUT2D eigenvalue weighted by atomic mass is 10.1. The van der Waals surface area contributed by atoms with Gasteiger partial charge >= 0.3 is 0 Å². The van der Waals surface area contributed by atoms with E-state index in [1.165, 1.54) is 0 Å². The largest absolute Gasteiger partial charge is 0.508 e. The summed E-state index contributed by atoms with van der Waals surface area (Å²) >= 11 is 0. The van der Waals surface area contributed by atoms with Gasteiger partial charge in [-0.05, 0) is 23.8 Å². The fourth-order valence-corrected chi connectivity index (χ4v) is 2.61. The van der Waals surface area contributed by atoms with Gasteiger partial charge in [0.15, 0.2) is 5.65 Å². The highest BCUT2D eigenvalue weighted by atomic mass is 16.3. The smallest absolute Gasteiger partial charge is 0.155 e. The van der Waals surface area contributed by atoms with Crippen LogP contribution in [0.15, 0.2) is 73.2 Å². The van der Waals surface area contributed by atoms with Crippen LogP contribution in [0.2, 0.25) is 0 Å². The quantitative estimate of drug-likeness (QED) is 0.614. The van der Waals surface area contributed by atoms with Gasteiger partial charge in [-0.3, -0.25) is 9.38 Å². The van der Waals surface area contributed by atoms with Gasteiger partial charge in [0.2, 0.25) is 0 Å². The normalized spacial score (nSPS) is 11.3. The molecule has 0 saturated heterocycles. The van der Waals surface area contributed by atoms with E-state index < -0.39 is 0 Å². The first kappa shape index (κ1) is 14.2. The summed E-state index contributed by atoms with van der Waals surface area (Å²) in [5.74, 6) is 0.237. The topological polar surface area (TPSA) is 50.4 Å². The van der Waals surface area contributed by atoms with E-state index in [9.17, 15) is 5.11 Å². The van der Waals surface area contributed by atoms with Gasteiger partial charge in [0.1, 0.15) is 5.75 Å². The van der Waals surface area contributed by atoms with Crippen LogP contribution >= 0.6 is 0 Å². The Labute approximate surface area is 139 Å². The number of hydrogen-bond acceptors (Lipinski definition) is 3. The van der Waals surface area contributed by atoms with Crippen molar-refractivity contribution in [1.82, 2.24) is 14.4 Å². The van der Waals surface area contributed by atoms with Crippen LogP contribution in [0.25, 0.3) is 29.1 Å². The van der Waals surface area contributed by atoms with Crippen LogP contribution in [-0.2, 0) is 0 Å². The maximum Gasteiger partial charge on any atom is 0.155 e. The standard InChI is InChI=1S/C20H15N3O/c24-18-8-4-7-16(11-18)19-12-22-20-13-21-17(14-23(19)20)10-9-15-5-2-1-3-6-15/h1-14,24H/b10-9+. The Morgan fingerprint density at radius 3 is 2.58 bits per heavy atom. The van der Waals surface area contributed by atoms with E-state index in [0.717, 1.165) is 28.2 Å². The van der Waals surface area contributed by atoms with E-state index in [1.54, 1.807) is 24.5 Å². The molecule has 4 heteroatoms. The van der Waals surface area contributed by atoms with Crippen molar-refractivity contribution in [3.05, 3.63) is 84.4 Å². The number of hydrogen-bond donors (Lipinski definition) is 1. The fraction of sp³-hybridized carbons (Fsp3) is 0. The maximum absolute atomic E-state index is 9.70. The zero-order chi connectivity index (χ0) is 16.4. The lowest BCUT2D eigenvalue weighted by Gasteiger charge is -2.03. The first-order valence-electron chi connectivity index (χ1n) is 7.65. The third kappa shape index (κ3) is 2.77. The molecule has 2 heterocycles. The minimum absolute atomic E-state index is 0.237. The first-order chi connectivity index (χ1) is 11.8. The summed E-state index contributed by atoms with van der Waals surface area (Å²) in [5.41, 5.74) is 4.55.